The van der Waals surface area contributed by atoms with E-state index in [4.69, 9.17) is 0 Å². The van der Waals surface area contributed by atoms with Gasteiger partial charge in [0.2, 0.25) is 0 Å². The van der Waals surface area contributed by atoms with Gasteiger partial charge in [-0.25, -0.2) is 9.98 Å². The van der Waals surface area contributed by atoms with Crippen molar-refractivity contribution >= 4 is 41.3 Å². The molecule has 1 aromatic heterocycles. The Labute approximate surface area is 178 Å². The van der Waals surface area contributed by atoms with Crippen LogP contribution in [0.5, 0.6) is 0 Å². The fourth-order valence-corrected chi connectivity index (χ4v) is 3.33. The van der Waals surface area contributed by atoms with E-state index >= 15 is 0 Å². The van der Waals surface area contributed by atoms with Crippen molar-refractivity contribution in [2.45, 2.75) is 32.9 Å². The first-order chi connectivity index (χ1) is 12.1. The zero-order valence-corrected chi connectivity index (χ0v) is 19.2. The molecular formula is C19H30IN5S. The quantitative estimate of drug-likeness (QED) is 0.339. The van der Waals surface area contributed by atoms with E-state index < -0.39 is 0 Å². The van der Waals surface area contributed by atoms with Gasteiger partial charge in [0.1, 0.15) is 5.01 Å². The molecule has 2 N–H and O–H groups in total. The monoisotopic (exact) mass is 487 g/mol. The topological polar surface area (TPSA) is 52.6 Å². The minimum atomic E-state index is 0. The summed E-state index contributed by atoms with van der Waals surface area (Å²) in [5, 5.41) is 7.84. The van der Waals surface area contributed by atoms with Crippen molar-refractivity contribution < 1.29 is 0 Å². The third-order valence-electron chi connectivity index (χ3n) is 3.94. The summed E-state index contributed by atoms with van der Waals surface area (Å²) in [6.45, 7) is 6.47. The summed E-state index contributed by atoms with van der Waals surface area (Å²) in [4.78, 5) is 12.6. The Kier molecular flexibility index (Phi) is 10.8. The fraction of sp³-hybridized carbons (Fsp3) is 0.474. The summed E-state index contributed by atoms with van der Waals surface area (Å²) in [5.41, 5.74) is 1.29. The van der Waals surface area contributed by atoms with E-state index in [0.717, 1.165) is 30.5 Å². The minimum absolute atomic E-state index is 0. The van der Waals surface area contributed by atoms with E-state index in [1.807, 2.05) is 12.3 Å². The normalized spacial score (nSPS) is 12.6. The number of aliphatic imine (C=N–C) groups is 1. The molecule has 2 aromatic rings. The first kappa shape index (κ1) is 22.9. The molecule has 1 aromatic carbocycles. The summed E-state index contributed by atoms with van der Waals surface area (Å²) in [6.07, 6.45) is 2.98. The van der Waals surface area contributed by atoms with Crippen LogP contribution in [0.15, 0.2) is 41.5 Å². The van der Waals surface area contributed by atoms with Crippen molar-refractivity contribution in [3.05, 3.63) is 52.0 Å². The van der Waals surface area contributed by atoms with Crippen molar-refractivity contribution in [3.63, 3.8) is 0 Å². The summed E-state index contributed by atoms with van der Waals surface area (Å²) in [6, 6.07) is 10.8. The lowest BCUT2D eigenvalue weighted by Crippen LogP contribution is -2.41. The predicted octanol–water partition coefficient (Wildman–Crippen LogP) is 3.68. The van der Waals surface area contributed by atoms with Crippen LogP contribution >= 0.6 is 35.3 Å². The lowest BCUT2D eigenvalue weighted by Gasteiger charge is -2.26. The van der Waals surface area contributed by atoms with Crippen molar-refractivity contribution in [2.24, 2.45) is 4.99 Å². The van der Waals surface area contributed by atoms with Gasteiger partial charge in [-0.15, -0.1) is 35.3 Å². The molecule has 0 aliphatic carbocycles. The first-order valence-electron chi connectivity index (χ1n) is 8.81. The Morgan fingerprint density at radius 1 is 1.19 bits per heavy atom. The molecule has 0 saturated heterocycles. The molecule has 1 heterocycles. The molecule has 1 atom stereocenters. The molecule has 0 amide bonds. The van der Waals surface area contributed by atoms with Gasteiger partial charge in [-0.3, -0.25) is 0 Å². The molecule has 0 spiro atoms. The van der Waals surface area contributed by atoms with Gasteiger partial charge < -0.3 is 15.5 Å². The average Bonchev–Trinajstić information content (AvgIpc) is 3.08. The van der Waals surface area contributed by atoms with Crippen LogP contribution in [0, 0.1) is 0 Å². The Hall–Kier alpha value is -1.19. The molecule has 0 aliphatic rings. The second-order valence-electron chi connectivity index (χ2n) is 6.04. The molecular weight excluding hydrogens is 457 g/mol. The standard InChI is InChI=1S/C19H29N5S.HI/c1-5-16-12-21-18(25-16)14-23-19(20-6-2)22-13-17(24(3)4)15-10-8-7-9-11-15;/h7-12,17H,5-6,13-14H2,1-4H3,(H2,20,22,23);1H. The molecule has 5 nitrogen and oxygen atoms in total. The molecule has 0 bridgehead atoms. The van der Waals surface area contributed by atoms with E-state index in [1.165, 1.54) is 10.4 Å². The number of aryl methyl sites for hydroxylation is 1. The SMILES string of the molecule is CCNC(=NCc1ncc(CC)s1)NCC(c1ccccc1)N(C)C.I. The highest BCUT2D eigenvalue weighted by Gasteiger charge is 2.14. The van der Waals surface area contributed by atoms with Crippen LogP contribution in [0.25, 0.3) is 0 Å². The highest BCUT2D eigenvalue weighted by atomic mass is 127. The van der Waals surface area contributed by atoms with Crippen molar-refractivity contribution in [1.82, 2.24) is 20.5 Å². The summed E-state index contributed by atoms with van der Waals surface area (Å²) < 4.78 is 0. The van der Waals surface area contributed by atoms with Crippen LogP contribution in [-0.4, -0.2) is 43.0 Å². The third kappa shape index (κ3) is 7.20. The smallest absolute Gasteiger partial charge is 0.191 e. The maximum absolute atomic E-state index is 4.68. The number of nitrogens with zero attached hydrogens (tertiary/aromatic N) is 3. The van der Waals surface area contributed by atoms with E-state index in [-0.39, 0.29) is 30.0 Å². The molecule has 0 aliphatic heterocycles. The minimum Gasteiger partial charge on any atom is -0.357 e. The number of guanidine groups is 1. The van der Waals surface area contributed by atoms with Gasteiger partial charge in [0.05, 0.1) is 12.6 Å². The summed E-state index contributed by atoms with van der Waals surface area (Å²) in [7, 11) is 4.20. The molecule has 1 unspecified atom stereocenters. The average molecular weight is 487 g/mol. The van der Waals surface area contributed by atoms with Crippen molar-refractivity contribution in [2.75, 3.05) is 27.2 Å². The maximum atomic E-state index is 4.68. The molecule has 2 rings (SSSR count). The van der Waals surface area contributed by atoms with E-state index in [2.05, 4.69) is 77.7 Å². The van der Waals surface area contributed by atoms with E-state index in [1.54, 1.807) is 11.3 Å². The second kappa shape index (κ2) is 12.2. The Morgan fingerprint density at radius 2 is 1.92 bits per heavy atom. The summed E-state index contributed by atoms with van der Waals surface area (Å²) in [5.74, 6) is 0.832. The maximum Gasteiger partial charge on any atom is 0.191 e. The third-order valence-corrected chi connectivity index (χ3v) is 5.06. The number of aromatic nitrogens is 1. The number of hydrogen-bond acceptors (Lipinski definition) is 4. The first-order valence-corrected chi connectivity index (χ1v) is 9.62. The molecule has 0 saturated carbocycles. The van der Waals surface area contributed by atoms with Gasteiger partial charge in [-0.2, -0.15) is 0 Å². The van der Waals surface area contributed by atoms with Crippen LogP contribution in [-0.2, 0) is 13.0 Å². The zero-order chi connectivity index (χ0) is 18.1. The number of hydrogen-bond donors (Lipinski definition) is 2. The van der Waals surface area contributed by atoms with Gasteiger partial charge >= 0.3 is 0 Å². The fourth-order valence-electron chi connectivity index (χ4n) is 2.54. The molecule has 144 valence electrons. The highest BCUT2D eigenvalue weighted by Crippen LogP contribution is 2.17. The molecule has 26 heavy (non-hydrogen) atoms. The van der Waals surface area contributed by atoms with Crippen molar-refractivity contribution in [3.8, 4) is 0 Å². The Balaban J connectivity index is 0.00000338. The van der Waals surface area contributed by atoms with Crippen LogP contribution in [0.3, 0.4) is 0 Å². The second-order valence-corrected chi connectivity index (χ2v) is 7.24. The van der Waals surface area contributed by atoms with Gasteiger partial charge in [0.25, 0.3) is 0 Å². The van der Waals surface area contributed by atoms with Gasteiger partial charge in [-0.1, -0.05) is 37.3 Å². The van der Waals surface area contributed by atoms with Crippen LogP contribution in [0.4, 0.5) is 0 Å². The van der Waals surface area contributed by atoms with Crippen LogP contribution in [0.1, 0.15) is 35.3 Å². The highest BCUT2D eigenvalue weighted by molar-refractivity contribution is 14.0. The summed E-state index contributed by atoms with van der Waals surface area (Å²) >= 11 is 1.74. The van der Waals surface area contributed by atoms with Crippen LogP contribution in [0.2, 0.25) is 0 Å². The zero-order valence-electron chi connectivity index (χ0n) is 16.0. The number of rotatable bonds is 8. The molecule has 7 heteroatoms. The lowest BCUT2D eigenvalue weighted by atomic mass is 10.1. The Bertz CT molecular complexity index is 657. The predicted molar refractivity (Wildman–Crippen MR) is 123 cm³/mol. The number of nitrogens with one attached hydrogen (secondary N) is 2. The molecule has 0 radical (unpaired) electrons. The molecule has 0 fully saturated rings. The van der Waals surface area contributed by atoms with Gasteiger partial charge in [-0.05, 0) is 33.0 Å². The number of likely N-dealkylation sites (N-methyl/N-ethyl adjacent to an activating group) is 1. The lowest BCUT2D eigenvalue weighted by molar-refractivity contribution is 0.298. The number of benzene rings is 1. The Morgan fingerprint density at radius 3 is 2.50 bits per heavy atom. The van der Waals surface area contributed by atoms with E-state index in [9.17, 15) is 0 Å². The number of halogens is 1. The van der Waals surface area contributed by atoms with Gasteiger partial charge in [0, 0.05) is 24.2 Å². The van der Waals surface area contributed by atoms with E-state index in [0.29, 0.717) is 6.54 Å². The largest absolute Gasteiger partial charge is 0.357 e. The van der Waals surface area contributed by atoms with Crippen molar-refractivity contribution in [1.29, 1.82) is 0 Å². The van der Waals surface area contributed by atoms with Gasteiger partial charge in [0.15, 0.2) is 5.96 Å². The number of thiazole rings is 1. The van der Waals surface area contributed by atoms with Crippen LogP contribution < -0.4 is 10.6 Å².